The van der Waals surface area contributed by atoms with Crippen LogP contribution in [-0.2, 0) is 14.2 Å². The summed E-state index contributed by atoms with van der Waals surface area (Å²) in [5, 5.41) is 10.5. The number of rotatable bonds is 7. The molecule has 2 aromatic heterocycles. The molecule has 6 unspecified atom stereocenters. The van der Waals surface area contributed by atoms with Gasteiger partial charge in [-0.25, -0.2) is 9.59 Å². The van der Waals surface area contributed by atoms with Crippen LogP contribution in [0.25, 0.3) is 0 Å². The van der Waals surface area contributed by atoms with Gasteiger partial charge in [-0.15, -0.1) is 0 Å². The molecule has 2 aliphatic heterocycles. The van der Waals surface area contributed by atoms with E-state index in [1.165, 1.54) is 9.13 Å². The predicted octanol–water partition coefficient (Wildman–Crippen LogP) is 1.24. The topological polar surface area (TPSA) is 118 Å². The van der Waals surface area contributed by atoms with Gasteiger partial charge in [-0.05, 0) is 32.4 Å². The molecule has 10 heteroatoms. The second-order valence-corrected chi connectivity index (χ2v) is 8.48. The molecule has 0 bridgehead atoms. The molecule has 2 aliphatic rings. The van der Waals surface area contributed by atoms with Crippen LogP contribution < -0.4 is 11.4 Å². The fraction of sp³-hybridized carbons (Fsp3) is 0.636. The van der Waals surface area contributed by atoms with E-state index in [-0.39, 0.29) is 30.9 Å². The van der Waals surface area contributed by atoms with Crippen LogP contribution in [0.3, 0.4) is 0 Å². The zero-order valence-electron chi connectivity index (χ0n) is 18.6. The molecule has 10 nitrogen and oxygen atoms in total. The third-order valence-corrected chi connectivity index (χ3v) is 5.99. The highest BCUT2D eigenvalue weighted by Crippen LogP contribution is 2.34. The number of aliphatic hydroxyl groups is 1. The van der Waals surface area contributed by atoms with Gasteiger partial charge in [0.1, 0.15) is 18.6 Å². The molecule has 2 aromatic rings. The lowest BCUT2D eigenvalue weighted by Crippen LogP contribution is -2.32. The van der Waals surface area contributed by atoms with Gasteiger partial charge in [-0.3, -0.25) is 9.13 Å². The Morgan fingerprint density at radius 3 is 2.12 bits per heavy atom. The summed E-state index contributed by atoms with van der Waals surface area (Å²) in [4.78, 5) is 32.3. The highest BCUT2D eigenvalue weighted by Gasteiger charge is 2.40. The maximum atomic E-state index is 12.3. The van der Waals surface area contributed by atoms with Crippen molar-refractivity contribution in [3.05, 3.63) is 56.9 Å². The molecular weight excluding hydrogens is 416 g/mol. The van der Waals surface area contributed by atoms with E-state index >= 15 is 0 Å². The molecule has 2 fully saturated rings. The number of hydrogen-bond donors (Lipinski definition) is 1. The van der Waals surface area contributed by atoms with E-state index in [4.69, 9.17) is 14.2 Å². The molecule has 174 valence electrons. The Labute approximate surface area is 185 Å². The van der Waals surface area contributed by atoms with E-state index in [0.717, 1.165) is 12.8 Å². The normalized spacial score (nSPS) is 30.1. The Hall–Kier alpha value is -2.40. The Balaban J connectivity index is 1.40. The summed E-state index contributed by atoms with van der Waals surface area (Å²) in [5.74, 6) is 0. The Morgan fingerprint density at radius 2 is 1.56 bits per heavy atom. The number of aryl methyl sites for hydroxylation is 2. The monoisotopic (exact) mass is 446 g/mol. The van der Waals surface area contributed by atoms with Gasteiger partial charge in [0, 0.05) is 36.6 Å². The van der Waals surface area contributed by atoms with E-state index in [0.29, 0.717) is 17.8 Å². The van der Waals surface area contributed by atoms with Gasteiger partial charge in [0.2, 0.25) is 0 Å². The van der Waals surface area contributed by atoms with Crippen molar-refractivity contribution in [3.63, 3.8) is 0 Å². The van der Waals surface area contributed by atoms with E-state index in [2.05, 4.69) is 16.9 Å². The molecule has 2 saturated heterocycles. The van der Waals surface area contributed by atoms with Crippen LogP contribution in [0.5, 0.6) is 0 Å². The summed E-state index contributed by atoms with van der Waals surface area (Å²) >= 11 is 0. The van der Waals surface area contributed by atoms with E-state index in [9.17, 15) is 14.7 Å². The summed E-state index contributed by atoms with van der Waals surface area (Å²) in [5.41, 5.74) is 0.536. The van der Waals surface area contributed by atoms with Crippen molar-refractivity contribution in [2.24, 2.45) is 0 Å². The van der Waals surface area contributed by atoms with E-state index < -0.39 is 30.4 Å². The highest BCUT2D eigenvalue weighted by molar-refractivity contribution is 4.98. The van der Waals surface area contributed by atoms with E-state index in [1.54, 1.807) is 38.4 Å². The molecule has 0 spiro atoms. The number of nitrogens with zero attached hydrogens (tertiary/aromatic N) is 4. The minimum Gasteiger partial charge on any atom is -0.390 e. The van der Waals surface area contributed by atoms with E-state index in [1.807, 2.05) is 0 Å². The third kappa shape index (κ3) is 4.83. The summed E-state index contributed by atoms with van der Waals surface area (Å²) < 4.78 is 21.0. The summed E-state index contributed by atoms with van der Waals surface area (Å²) in [6.07, 6.45) is 3.03. The van der Waals surface area contributed by atoms with Crippen LogP contribution in [0.2, 0.25) is 0 Å². The van der Waals surface area contributed by atoms with Crippen molar-refractivity contribution < 1.29 is 19.3 Å². The van der Waals surface area contributed by atoms with Gasteiger partial charge >= 0.3 is 11.4 Å². The summed E-state index contributed by atoms with van der Waals surface area (Å²) in [6, 6.07) is 3.51. The van der Waals surface area contributed by atoms with Crippen molar-refractivity contribution in [1.82, 2.24) is 19.1 Å². The van der Waals surface area contributed by atoms with Crippen molar-refractivity contribution in [3.8, 4) is 0 Å². The van der Waals surface area contributed by atoms with Gasteiger partial charge in [-0.2, -0.15) is 9.97 Å². The molecular formula is C22H30N4O6. The zero-order chi connectivity index (χ0) is 22.8. The number of ether oxygens (including phenoxy) is 3. The first kappa shape index (κ1) is 22.8. The second-order valence-electron chi connectivity index (χ2n) is 8.48. The molecule has 0 aliphatic carbocycles. The molecule has 0 aromatic carbocycles. The largest absolute Gasteiger partial charge is 0.390 e. The Kier molecular flexibility index (Phi) is 6.85. The maximum Gasteiger partial charge on any atom is 0.349 e. The molecule has 4 rings (SSSR count). The molecule has 0 saturated carbocycles. The first-order valence-electron chi connectivity index (χ1n) is 11.1. The van der Waals surface area contributed by atoms with Crippen LogP contribution in [0, 0.1) is 13.8 Å². The number of aromatic nitrogens is 4. The summed E-state index contributed by atoms with van der Waals surface area (Å²) in [7, 11) is 0. The molecule has 1 N–H and O–H groups in total. The fourth-order valence-electron chi connectivity index (χ4n) is 4.28. The average Bonchev–Trinajstić information content (AvgIpc) is 3.30. The standard InChI is InChI=1S/C22H30N4O6/c1-4-5-16-17(11-20(31-16)26-9-7-14(3)24-22(26)29)30-12-18-15(27)10-19(32-18)25-8-6-13(2)23-21(25)28/h6-9,15-20,27H,4-5,10-12H2,1-3H3. The molecule has 4 heterocycles. The molecule has 0 amide bonds. The predicted molar refractivity (Wildman–Crippen MR) is 114 cm³/mol. The minimum absolute atomic E-state index is 0.160. The Morgan fingerprint density at radius 1 is 1.00 bits per heavy atom. The van der Waals surface area contributed by atoms with Crippen molar-refractivity contribution >= 4 is 0 Å². The molecule has 32 heavy (non-hydrogen) atoms. The fourth-order valence-corrected chi connectivity index (χ4v) is 4.28. The van der Waals surface area contributed by atoms with Gasteiger partial charge in [0.15, 0.2) is 0 Å². The van der Waals surface area contributed by atoms with Gasteiger partial charge < -0.3 is 19.3 Å². The number of hydrogen-bond acceptors (Lipinski definition) is 8. The van der Waals surface area contributed by atoms with Crippen LogP contribution in [-0.4, -0.2) is 55.2 Å². The molecule has 0 radical (unpaired) electrons. The first-order valence-corrected chi connectivity index (χ1v) is 11.1. The van der Waals surface area contributed by atoms with Gasteiger partial charge in [0.05, 0.1) is 24.9 Å². The lowest BCUT2D eigenvalue weighted by molar-refractivity contribution is -0.0959. The molecule has 6 atom stereocenters. The second kappa shape index (κ2) is 9.62. The van der Waals surface area contributed by atoms with Crippen LogP contribution in [0.4, 0.5) is 0 Å². The van der Waals surface area contributed by atoms with Gasteiger partial charge in [0.25, 0.3) is 0 Å². The van der Waals surface area contributed by atoms with Crippen molar-refractivity contribution in [1.29, 1.82) is 0 Å². The third-order valence-electron chi connectivity index (χ3n) is 5.99. The minimum atomic E-state index is -0.764. The lowest BCUT2D eigenvalue weighted by Gasteiger charge is -2.21. The van der Waals surface area contributed by atoms with Crippen molar-refractivity contribution in [2.45, 2.75) is 83.3 Å². The van der Waals surface area contributed by atoms with Crippen LogP contribution >= 0.6 is 0 Å². The Bertz CT molecular complexity index is 1050. The first-order chi connectivity index (χ1) is 15.4. The summed E-state index contributed by atoms with van der Waals surface area (Å²) in [6.45, 7) is 5.74. The van der Waals surface area contributed by atoms with Crippen LogP contribution in [0.1, 0.15) is 56.5 Å². The van der Waals surface area contributed by atoms with Crippen molar-refractivity contribution in [2.75, 3.05) is 6.61 Å². The van der Waals surface area contributed by atoms with Crippen LogP contribution in [0.15, 0.2) is 34.1 Å². The van der Waals surface area contributed by atoms with Gasteiger partial charge in [-0.1, -0.05) is 13.3 Å². The zero-order valence-corrected chi connectivity index (χ0v) is 18.6. The highest BCUT2D eigenvalue weighted by atomic mass is 16.6. The maximum absolute atomic E-state index is 12.3. The average molecular weight is 447 g/mol. The quantitative estimate of drug-likeness (QED) is 0.675. The number of aliphatic hydroxyl groups excluding tert-OH is 1. The lowest BCUT2D eigenvalue weighted by atomic mass is 10.1. The smallest absolute Gasteiger partial charge is 0.349 e. The SMILES string of the molecule is CCCC1OC(n2ccc(C)nc2=O)CC1OCC1OC(n2ccc(C)nc2=O)CC1O.